The summed E-state index contributed by atoms with van der Waals surface area (Å²) in [4.78, 5) is 40.2. The maximum absolute atomic E-state index is 12.4. The van der Waals surface area contributed by atoms with Gasteiger partial charge in [0.25, 0.3) is 0 Å². The van der Waals surface area contributed by atoms with Crippen molar-refractivity contribution in [2.45, 2.75) is 31.4 Å². The van der Waals surface area contributed by atoms with Crippen LogP contribution in [-0.2, 0) is 25.5 Å². The highest BCUT2D eigenvalue weighted by molar-refractivity contribution is 7.13. The maximum atomic E-state index is 12.4. The van der Waals surface area contributed by atoms with Gasteiger partial charge in [0, 0.05) is 18.4 Å². The summed E-state index contributed by atoms with van der Waals surface area (Å²) in [5.74, 6) is -1.76. The Bertz CT molecular complexity index is 1200. The Morgan fingerprint density at radius 3 is 2.31 bits per heavy atom. The number of ether oxygens (including phenoxy) is 2. The number of anilines is 1. The number of carboxylic acids is 1. The van der Waals surface area contributed by atoms with Crippen molar-refractivity contribution in [2.24, 2.45) is 0 Å². The molecule has 2 aromatic carbocycles. The van der Waals surface area contributed by atoms with E-state index in [2.05, 4.69) is 27.8 Å². The Balaban J connectivity index is 1.32. The van der Waals surface area contributed by atoms with Crippen molar-refractivity contribution >= 4 is 34.4 Å². The number of methoxy groups -OCH3 is 1. The average Bonchev–Trinajstić information content (AvgIpc) is 3.42. The van der Waals surface area contributed by atoms with E-state index in [0.717, 1.165) is 33.6 Å². The molecule has 35 heavy (non-hydrogen) atoms. The van der Waals surface area contributed by atoms with E-state index in [4.69, 9.17) is 9.47 Å². The second-order valence-electron chi connectivity index (χ2n) is 8.10. The van der Waals surface area contributed by atoms with Gasteiger partial charge in [-0.2, -0.15) is 0 Å². The molecule has 182 valence electrons. The summed E-state index contributed by atoms with van der Waals surface area (Å²) in [6.45, 7) is 1.73. The third-order valence-corrected chi connectivity index (χ3v) is 6.68. The van der Waals surface area contributed by atoms with E-state index in [1.54, 1.807) is 12.3 Å². The van der Waals surface area contributed by atoms with Crippen LogP contribution in [0.2, 0.25) is 0 Å². The van der Waals surface area contributed by atoms with Crippen molar-refractivity contribution in [2.75, 3.05) is 19.0 Å². The number of thiazole rings is 1. The van der Waals surface area contributed by atoms with Gasteiger partial charge in [-0.15, -0.1) is 11.3 Å². The van der Waals surface area contributed by atoms with E-state index in [9.17, 15) is 19.5 Å². The van der Waals surface area contributed by atoms with Crippen molar-refractivity contribution < 1.29 is 29.0 Å². The van der Waals surface area contributed by atoms with Crippen molar-refractivity contribution in [3.05, 3.63) is 70.7 Å². The van der Waals surface area contributed by atoms with Gasteiger partial charge in [-0.3, -0.25) is 10.1 Å². The number of rotatable bonds is 9. The summed E-state index contributed by atoms with van der Waals surface area (Å²) in [5.41, 5.74) is 4.92. The first-order chi connectivity index (χ1) is 16.9. The number of benzene rings is 2. The summed E-state index contributed by atoms with van der Waals surface area (Å²) in [6.07, 6.45) is -1.47. The fourth-order valence-electron chi connectivity index (χ4n) is 4.07. The molecule has 1 aromatic heterocycles. The minimum Gasteiger partial charge on any atom is -0.480 e. The van der Waals surface area contributed by atoms with Crippen LogP contribution in [0.3, 0.4) is 0 Å². The Hall–Kier alpha value is -3.76. The monoisotopic (exact) mass is 495 g/mol. The fraction of sp³-hybridized carbons (Fsp3) is 0.280. The standard InChI is InChI=1S/C25H25N3O6S/c1-14(33-2)22(23(30)31)27-21(29)11-15-13-35-24(26-15)28-25(32)34-12-20-18-9-5-3-7-16(18)17-8-4-6-10-19(17)20/h3-10,13-14,20,22H,11-12H2,1-2H3,(H,27,29)(H,30,31)(H,26,28,32). The van der Waals surface area contributed by atoms with Gasteiger partial charge in [-0.1, -0.05) is 48.5 Å². The van der Waals surface area contributed by atoms with Gasteiger partial charge in [-0.25, -0.2) is 14.6 Å². The molecule has 1 aliphatic carbocycles. The summed E-state index contributed by atoms with van der Waals surface area (Å²) >= 11 is 1.15. The molecule has 3 N–H and O–H groups in total. The molecule has 0 radical (unpaired) electrons. The molecule has 1 aliphatic rings. The van der Waals surface area contributed by atoms with Crippen LogP contribution in [0.25, 0.3) is 11.1 Å². The molecule has 0 fully saturated rings. The molecular weight excluding hydrogens is 470 g/mol. The number of carboxylic acid groups (broad SMARTS) is 1. The average molecular weight is 496 g/mol. The number of hydrogen-bond donors (Lipinski definition) is 3. The van der Waals surface area contributed by atoms with Gasteiger partial charge in [0.05, 0.1) is 18.2 Å². The van der Waals surface area contributed by atoms with Crippen LogP contribution in [0.4, 0.5) is 9.93 Å². The largest absolute Gasteiger partial charge is 0.480 e. The molecule has 1 heterocycles. The number of hydrogen-bond acceptors (Lipinski definition) is 7. The summed E-state index contributed by atoms with van der Waals surface area (Å²) in [6, 6.07) is 15.0. The van der Waals surface area contributed by atoms with Crippen molar-refractivity contribution in [3.63, 3.8) is 0 Å². The van der Waals surface area contributed by atoms with Gasteiger partial charge < -0.3 is 19.9 Å². The Labute approximate surface area is 206 Å². The van der Waals surface area contributed by atoms with Crippen LogP contribution in [0.5, 0.6) is 0 Å². The zero-order valence-corrected chi connectivity index (χ0v) is 20.0. The van der Waals surface area contributed by atoms with Crippen molar-refractivity contribution in [1.29, 1.82) is 0 Å². The van der Waals surface area contributed by atoms with Gasteiger partial charge in [0.1, 0.15) is 6.61 Å². The van der Waals surface area contributed by atoms with E-state index in [1.165, 1.54) is 7.11 Å². The van der Waals surface area contributed by atoms with Gasteiger partial charge in [0.2, 0.25) is 5.91 Å². The quantitative estimate of drug-likeness (QED) is 0.414. The number of aliphatic carboxylic acids is 1. The van der Waals surface area contributed by atoms with Crippen LogP contribution in [-0.4, -0.2) is 53.9 Å². The fourth-order valence-corrected chi connectivity index (χ4v) is 4.77. The second-order valence-corrected chi connectivity index (χ2v) is 8.95. The van der Waals surface area contributed by atoms with Crippen LogP contribution in [0.1, 0.15) is 29.7 Å². The van der Waals surface area contributed by atoms with Crippen LogP contribution >= 0.6 is 11.3 Å². The van der Waals surface area contributed by atoms with Crippen LogP contribution in [0, 0.1) is 0 Å². The van der Waals surface area contributed by atoms with E-state index in [0.29, 0.717) is 5.69 Å². The normalized spacial score (nSPS) is 13.9. The number of amides is 2. The number of nitrogens with zero attached hydrogens (tertiary/aromatic N) is 1. The predicted molar refractivity (Wildman–Crippen MR) is 131 cm³/mol. The Morgan fingerprint density at radius 2 is 1.71 bits per heavy atom. The van der Waals surface area contributed by atoms with Crippen LogP contribution in [0.15, 0.2) is 53.9 Å². The highest BCUT2D eigenvalue weighted by Crippen LogP contribution is 2.44. The molecule has 2 atom stereocenters. The molecule has 3 aromatic rings. The summed E-state index contributed by atoms with van der Waals surface area (Å²) in [5, 5.41) is 16.2. The molecule has 2 amide bonds. The zero-order valence-electron chi connectivity index (χ0n) is 19.2. The lowest BCUT2D eigenvalue weighted by Gasteiger charge is -2.19. The molecule has 0 saturated carbocycles. The van der Waals surface area contributed by atoms with Gasteiger partial charge >= 0.3 is 12.1 Å². The molecule has 2 unspecified atom stereocenters. The lowest BCUT2D eigenvalue weighted by atomic mass is 9.98. The Kier molecular flexibility index (Phi) is 7.42. The lowest BCUT2D eigenvalue weighted by molar-refractivity contribution is -0.145. The molecule has 4 rings (SSSR count). The molecule has 0 aliphatic heterocycles. The SMILES string of the molecule is COC(C)C(NC(=O)Cc1csc(NC(=O)OCC2c3ccccc3-c3ccccc32)n1)C(=O)O. The summed E-state index contributed by atoms with van der Waals surface area (Å²) < 4.78 is 10.5. The molecular formula is C25H25N3O6S. The summed E-state index contributed by atoms with van der Waals surface area (Å²) in [7, 11) is 1.37. The highest BCUT2D eigenvalue weighted by atomic mass is 32.1. The van der Waals surface area contributed by atoms with Crippen LogP contribution < -0.4 is 10.6 Å². The Morgan fingerprint density at radius 1 is 1.09 bits per heavy atom. The first kappa shape index (κ1) is 24.4. The van der Waals surface area contributed by atoms with Crippen molar-refractivity contribution in [3.8, 4) is 11.1 Å². The zero-order chi connectivity index (χ0) is 24.9. The molecule has 9 nitrogen and oxygen atoms in total. The molecule has 0 saturated heterocycles. The van der Waals surface area contributed by atoms with E-state index < -0.39 is 30.1 Å². The van der Waals surface area contributed by atoms with E-state index in [-0.39, 0.29) is 24.1 Å². The van der Waals surface area contributed by atoms with E-state index >= 15 is 0 Å². The molecule has 0 spiro atoms. The van der Waals surface area contributed by atoms with Crippen molar-refractivity contribution in [1.82, 2.24) is 10.3 Å². The first-order valence-corrected chi connectivity index (χ1v) is 11.9. The molecule has 0 bridgehead atoms. The lowest BCUT2D eigenvalue weighted by Crippen LogP contribution is -2.48. The number of carbonyl (C=O) groups is 3. The topological polar surface area (TPSA) is 127 Å². The minimum absolute atomic E-state index is 0.0552. The number of nitrogens with one attached hydrogen (secondary N) is 2. The highest BCUT2D eigenvalue weighted by Gasteiger charge is 2.29. The first-order valence-electron chi connectivity index (χ1n) is 11.0. The van der Waals surface area contributed by atoms with Gasteiger partial charge in [-0.05, 0) is 29.2 Å². The third kappa shape index (κ3) is 5.50. The van der Waals surface area contributed by atoms with E-state index in [1.807, 2.05) is 36.4 Å². The molecule has 10 heteroatoms. The second kappa shape index (κ2) is 10.7. The predicted octanol–water partition coefficient (Wildman–Crippen LogP) is 3.65. The third-order valence-electron chi connectivity index (χ3n) is 5.87. The smallest absolute Gasteiger partial charge is 0.413 e. The number of fused-ring (bicyclic) bond motifs is 3. The number of carbonyl (C=O) groups excluding carboxylic acids is 2. The minimum atomic E-state index is -1.19. The maximum Gasteiger partial charge on any atom is 0.413 e. The number of aromatic nitrogens is 1. The van der Waals surface area contributed by atoms with Gasteiger partial charge in [0.15, 0.2) is 11.2 Å².